The smallest absolute Gasteiger partial charge is 0.223 e. The monoisotopic (exact) mass is 272 g/mol. The molecular formula is C14H10F2N4. The van der Waals surface area contributed by atoms with E-state index in [0.29, 0.717) is 17.1 Å². The van der Waals surface area contributed by atoms with Crippen LogP contribution < -0.4 is 5.32 Å². The van der Waals surface area contributed by atoms with E-state index in [0.717, 1.165) is 18.9 Å². The molecular weight excluding hydrogens is 262 g/mol. The maximum absolute atomic E-state index is 13.8. The molecule has 0 unspecified atom stereocenters. The van der Waals surface area contributed by atoms with Crippen LogP contribution >= 0.6 is 0 Å². The lowest BCUT2D eigenvalue weighted by Gasteiger charge is -2.18. The Morgan fingerprint density at radius 2 is 1.90 bits per heavy atom. The zero-order chi connectivity index (χ0) is 14.2. The highest BCUT2D eigenvalue weighted by molar-refractivity contribution is 5.43. The van der Waals surface area contributed by atoms with Crippen molar-refractivity contribution in [1.29, 1.82) is 5.26 Å². The highest BCUT2D eigenvalue weighted by Gasteiger charge is 2.46. The summed E-state index contributed by atoms with van der Waals surface area (Å²) in [4.78, 5) is 8.01. The first-order valence-corrected chi connectivity index (χ1v) is 6.09. The minimum Gasteiger partial charge on any atom is -0.345 e. The number of nitrogens with zero attached hydrogens (tertiary/aromatic N) is 3. The SMILES string of the molecule is N#Cc1cnc(NC2(c3ccc(F)cc3F)CC2)nc1. The van der Waals surface area contributed by atoms with Gasteiger partial charge in [0.25, 0.3) is 0 Å². The van der Waals surface area contributed by atoms with Crippen molar-refractivity contribution in [3.8, 4) is 6.07 Å². The van der Waals surface area contributed by atoms with Gasteiger partial charge in [0.15, 0.2) is 0 Å². The van der Waals surface area contributed by atoms with Crippen LogP contribution in [0.5, 0.6) is 0 Å². The maximum Gasteiger partial charge on any atom is 0.223 e. The lowest BCUT2D eigenvalue weighted by Crippen LogP contribution is -2.22. The van der Waals surface area contributed by atoms with Gasteiger partial charge in [0.2, 0.25) is 5.95 Å². The molecule has 4 nitrogen and oxygen atoms in total. The number of rotatable bonds is 3. The lowest BCUT2D eigenvalue weighted by molar-refractivity contribution is 0.558. The van der Waals surface area contributed by atoms with E-state index in [1.807, 2.05) is 6.07 Å². The third kappa shape index (κ3) is 2.18. The van der Waals surface area contributed by atoms with Crippen LogP contribution in [0.1, 0.15) is 24.0 Å². The summed E-state index contributed by atoms with van der Waals surface area (Å²) in [5, 5.41) is 11.7. The summed E-state index contributed by atoms with van der Waals surface area (Å²) in [5.74, 6) is -0.856. The van der Waals surface area contributed by atoms with E-state index in [2.05, 4.69) is 15.3 Å². The summed E-state index contributed by atoms with van der Waals surface area (Å²) in [6.45, 7) is 0. The van der Waals surface area contributed by atoms with Crippen molar-refractivity contribution in [3.63, 3.8) is 0 Å². The molecule has 0 radical (unpaired) electrons. The molecule has 1 fully saturated rings. The Labute approximate surface area is 114 Å². The van der Waals surface area contributed by atoms with Crippen LogP contribution in [-0.4, -0.2) is 9.97 Å². The first kappa shape index (κ1) is 12.5. The van der Waals surface area contributed by atoms with Gasteiger partial charge in [0.05, 0.1) is 23.5 Å². The van der Waals surface area contributed by atoms with Crippen LogP contribution in [0, 0.1) is 23.0 Å². The number of benzene rings is 1. The average Bonchev–Trinajstić information content (AvgIpc) is 3.20. The number of aromatic nitrogens is 2. The van der Waals surface area contributed by atoms with Crippen LogP contribution in [-0.2, 0) is 5.54 Å². The fourth-order valence-corrected chi connectivity index (χ4v) is 2.13. The van der Waals surface area contributed by atoms with Gasteiger partial charge in [-0.15, -0.1) is 0 Å². The molecule has 2 aromatic rings. The molecule has 1 N–H and O–H groups in total. The molecule has 6 heteroatoms. The summed E-state index contributed by atoms with van der Waals surface area (Å²) in [5.41, 5.74) is 0.187. The molecule has 20 heavy (non-hydrogen) atoms. The standard InChI is InChI=1S/C14H10F2N4/c15-10-1-2-11(12(16)5-10)14(3-4-14)20-13-18-7-9(6-17)8-19-13/h1-2,5,7-8H,3-4H2,(H,18,19,20). The predicted octanol–water partition coefficient (Wildman–Crippen LogP) is 2.73. The first-order chi connectivity index (χ1) is 9.63. The molecule has 1 aromatic carbocycles. The largest absolute Gasteiger partial charge is 0.345 e. The van der Waals surface area contributed by atoms with E-state index in [-0.39, 0.29) is 0 Å². The van der Waals surface area contributed by atoms with Crippen molar-refractivity contribution in [1.82, 2.24) is 9.97 Å². The molecule has 0 aliphatic heterocycles. The van der Waals surface area contributed by atoms with Gasteiger partial charge in [-0.2, -0.15) is 5.26 Å². The van der Waals surface area contributed by atoms with E-state index >= 15 is 0 Å². The van der Waals surface area contributed by atoms with E-state index in [9.17, 15) is 8.78 Å². The van der Waals surface area contributed by atoms with Gasteiger partial charge >= 0.3 is 0 Å². The summed E-state index contributed by atoms with van der Waals surface area (Å²) in [7, 11) is 0. The topological polar surface area (TPSA) is 61.6 Å². The summed E-state index contributed by atoms with van der Waals surface area (Å²) in [6, 6.07) is 5.47. The molecule has 0 spiro atoms. The molecule has 1 aliphatic rings. The number of hydrogen-bond acceptors (Lipinski definition) is 4. The Hall–Kier alpha value is -2.55. The molecule has 100 valence electrons. The van der Waals surface area contributed by atoms with Crippen molar-refractivity contribution >= 4 is 5.95 Å². The van der Waals surface area contributed by atoms with Crippen LogP contribution in [0.2, 0.25) is 0 Å². The van der Waals surface area contributed by atoms with Crippen molar-refractivity contribution in [2.75, 3.05) is 5.32 Å². The van der Waals surface area contributed by atoms with E-state index < -0.39 is 17.2 Å². The summed E-state index contributed by atoms with van der Waals surface area (Å²) in [6.07, 6.45) is 4.23. The van der Waals surface area contributed by atoms with Gasteiger partial charge < -0.3 is 5.32 Å². The molecule has 1 heterocycles. The predicted molar refractivity (Wildman–Crippen MR) is 67.6 cm³/mol. The number of nitrogens with one attached hydrogen (secondary N) is 1. The fourth-order valence-electron chi connectivity index (χ4n) is 2.13. The van der Waals surface area contributed by atoms with Crippen LogP contribution in [0.3, 0.4) is 0 Å². The molecule has 0 atom stereocenters. The van der Waals surface area contributed by atoms with Crippen molar-refractivity contribution in [2.45, 2.75) is 18.4 Å². The fraction of sp³-hybridized carbons (Fsp3) is 0.214. The number of halogens is 2. The zero-order valence-electron chi connectivity index (χ0n) is 10.4. The lowest BCUT2D eigenvalue weighted by atomic mass is 10.0. The minimum atomic E-state index is -0.600. The first-order valence-electron chi connectivity index (χ1n) is 6.09. The van der Waals surface area contributed by atoms with E-state index in [1.165, 1.54) is 24.5 Å². The normalized spacial score (nSPS) is 15.4. The molecule has 1 saturated carbocycles. The van der Waals surface area contributed by atoms with Crippen molar-refractivity contribution in [2.24, 2.45) is 0 Å². The Balaban J connectivity index is 1.87. The van der Waals surface area contributed by atoms with Gasteiger partial charge in [0.1, 0.15) is 17.7 Å². The molecule has 1 aromatic heterocycles. The molecule has 0 saturated heterocycles. The molecule has 0 bridgehead atoms. The summed E-state index contributed by atoms with van der Waals surface area (Å²) >= 11 is 0. The number of anilines is 1. The number of nitriles is 1. The zero-order valence-corrected chi connectivity index (χ0v) is 10.4. The second kappa shape index (κ2) is 4.53. The Morgan fingerprint density at radius 1 is 1.20 bits per heavy atom. The minimum absolute atomic E-state index is 0.324. The van der Waals surface area contributed by atoms with Crippen LogP contribution in [0.15, 0.2) is 30.6 Å². The van der Waals surface area contributed by atoms with E-state index in [4.69, 9.17) is 5.26 Å². The Bertz CT molecular complexity index is 687. The van der Waals surface area contributed by atoms with Crippen LogP contribution in [0.4, 0.5) is 14.7 Å². The highest BCUT2D eigenvalue weighted by Crippen LogP contribution is 2.48. The Kier molecular flexibility index (Phi) is 2.83. The van der Waals surface area contributed by atoms with Crippen molar-refractivity contribution < 1.29 is 8.78 Å². The van der Waals surface area contributed by atoms with Crippen molar-refractivity contribution in [3.05, 3.63) is 53.4 Å². The molecule has 0 amide bonds. The summed E-state index contributed by atoms with van der Waals surface area (Å²) < 4.78 is 26.8. The second-order valence-corrected chi connectivity index (χ2v) is 4.74. The third-order valence-corrected chi connectivity index (χ3v) is 3.33. The molecule has 1 aliphatic carbocycles. The van der Waals surface area contributed by atoms with E-state index in [1.54, 1.807) is 0 Å². The van der Waals surface area contributed by atoms with Gasteiger partial charge in [0, 0.05) is 11.6 Å². The average molecular weight is 272 g/mol. The highest BCUT2D eigenvalue weighted by atomic mass is 19.1. The van der Waals surface area contributed by atoms with Gasteiger partial charge in [-0.1, -0.05) is 6.07 Å². The maximum atomic E-state index is 13.8. The van der Waals surface area contributed by atoms with Crippen LogP contribution in [0.25, 0.3) is 0 Å². The third-order valence-electron chi connectivity index (χ3n) is 3.33. The quantitative estimate of drug-likeness (QED) is 0.933. The van der Waals surface area contributed by atoms with Gasteiger partial charge in [-0.25, -0.2) is 18.7 Å². The molecule has 3 rings (SSSR count). The van der Waals surface area contributed by atoms with Gasteiger partial charge in [-0.05, 0) is 18.9 Å². The number of hydrogen-bond donors (Lipinski definition) is 1. The second-order valence-electron chi connectivity index (χ2n) is 4.74. The Morgan fingerprint density at radius 3 is 2.45 bits per heavy atom. The van der Waals surface area contributed by atoms with Gasteiger partial charge in [-0.3, -0.25) is 0 Å².